The summed E-state index contributed by atoms with van der Waals surface area (Å²) in [6.45, 7) is 3.94. The van der Waals surface area contributed by atoms with Crippen LogP contribution in [0.15, 0.2) is 12.1 Å². The lowest BCUT2D eigenvalue weighted by Crippen LogP contribution is -2.24. The molecule has 0 bridgehead atoms. The van der Waals surface area contributed by atoms with Gasteiger partial charge in [0.05, 0.1) is 5.02 Å². The van der Waals surface area contributed by atoms with Crippen LogP contribution in [-0.2, 0) is 6.42 Å². The number of aryl methyl sites for hydroxylation is 2. The van der Waals surface area contributed by atoms with E-state index in [1.807, 2.05) is 6.07 Å². The van der Waals surface area contributed by atoms with E-state index in [9.17, 15) is 4.39 Å². The second-order valence-electron chi connectivity index (χ2n) is 5.40. The lowest BCUT2D eigenvalue weighted by atomic mass is 10.0. The molecule has 1 aliphatic carbocycles. The van der Waals surface area contributed by atoms with Crippen LogP contribution in [0.1, 0.15) is 37.3 Å². The summed E-state index contributed by atoms with van der Waals surface area (Å²) in [4.78, 5) is 0. The van der Waals surface area contributed by atoms with Gasteiger partial charge in [-0.05, 0) is 55.7 Å². The molecule has 0 heterocycles. The summed E-state index contributed by atoms with van der Waals surface area (Å²) in [6.07, 6.45) is 4.15. The maximum Gasteiger partial charge on any atom is 0.144 e. The fraction of sp³-hybridized carbons (Fsp3) is 0.571. The van der Waals surface area contributed by atoms with Crippen LogP contribution in [0.4, 0.5) is 4.39 Å². The van der Waals surface area contributed by atoms with Gasteiger partial charge in [0.1, 0.15) is 5.82 Å². The Morgan fingerprint density at radius 2 is 2.18 bits per heavy atom. The van der Waals surface area contributed by atoms with Gasteiger partial charge in [0.25, 0.3) is 0 Å². The SMILES string of the molecule is Cc1cc(CCCC2(N)CC2C)cc(Cl)c1F. The Labute approximate surface area is 107 Å². The second-order valence-corrected chi connectivity index (χ2v) is 5.81. The minimum Gasteiger partial charge on any atom is -0.325 e. The third-order valence-corrected chi connectivity index (χ3v) is 4.16. The zero-order chi connectivity index (χ0) is 12.6. The first-order chi connectivity index (χ1) is 7.92. The van der Waals surface area contributed by atoms with Crippen molar-refractivity contribution >= 4 is 11.6 Å². The van der Waals surface area contributed by atoms with E-state index < -0.39 is 0 Å². The Hall–Kier alpha value is -0.600. The summed E-state index contributed by atoms with van der Waals surface area (Å²) in [7, 11) is 0. The van der Waals surface area contributed by atoms with Gasteiger partial charge in [0.15, 0.2) is 0 Å². The third-order valence-electron chi connectivity index (χ3n) is 3.89. The van der Waals surface area contributed by atoms with Crippen molar-refractivity contribution in [2.75, 3.05) is 0 Å². The first-order valence-corrected chi connectivity index (χ1v) is 6.53. The van der Waals surface area contributed by atoms with Gasteiger partial charge in [-0.25, -0.2) is 4.39 Å². The van der Waals surface area contributed by atoms with Gasteiger partial charge < -0.3 is 5.73 Å². The normalized spacial score (nSPS) is 27.2. The monoisotopic (exact) mass is 255 g/mol. The Bertz CT molecular complexity index is 409. The van der Waals surface area contributed by atoms with E-state index in [1.54, 1.807) is 13.0 Å². The number of hydrogen-bond acceptors (Lipinski definition) is 1. The van der Waals surface area contributed by atoms with E-state index in [0.29, 0.717) is 11.5 Å². The molecule has 94 valence electrons. The molecule has 3 heteroatoms. The van der Waals surface area contributed by atoms with Gasteiger partial charge >= 0.3 is 0 Å². The van der Waals surface area contributed by atoms with Gasteiger partial charge in [-0.1, -0.05) is 24.6 Å². The molecule has 1 saturated carbocycles. The first-order valence-electron chi connectivity index (χ1n) is 6.16. The highest BCUT2D eigenvalue weighted by atomic mass is 35.5. The van der Waals surface area contributed by atoms with Gasteiger partial charge in [-0.3, -0.25) is 0 Å². The lowest BCUT2D eigenvalue weighted by Gasteiger charge is -2.10. The molecule has 1 fully saturated rings. The van der Waals surface area contributed by atoms with Crippen molar-refractivity contribution in [1.82, 2.24) is 0 Å². The lowest BCUT2D eigenvalue weighted by molar-refractivity contribution is 0.538. The van der Waals surface area contributed by atoms with E-state index in [0.717, 1.165) is 31.2 Å². The summed E-state index contributed by atoms with van der Waals surface area (Å²) >= 11 is 5.82. The second kappa shape index (κ2) is 4.58. The number of nitrogens with two attached hydrogens (primary N) is 1. The summed E-state index contributed by atoms with van der Waals surface area (Å²) in [5.74, 6) is 0.350. The topological polar surface area (TPSA) is 26.0 Å². The highest BCUT2D eigenvalue weighted by molar-refractivity contribution is 6.30. The maximum absolute atomic E-state index is 13.3. The summed E-state index contributed by atoms with van der Waals surface area (Å²) in [5.41, 5.74) is 7.94. The van der Waals surface area contributed by atoms with Crippen molar-refractivity contribution in [3.05, 3.63) is 34.1 Å². The third kappa shape index (κ3) is 2.80. The zero-order valence-corrected chi connectivity index (χ0v) is 11.1. The van der Waals surface area contributed by atoms with E-state index in [1.165, 1.54) is 0 Å². The molecule has 2 N–H and O–H groups in total. The van der Waals surface area contributed by atoms with Crippen LogP contribution < -0.4 is 5.73 Å². The van der Waals surface area contributed by atoms with Crippen molar-refractivity contribution < 1.29 is 4.39 Å². The van der Waals surface area contributed by atoms with Crippen LogP contribution in [0.5, 0.6) is 0 Å². The van der Waals surface area contributed by atoms with E-state index >= 15 is 0 Å². The Morgan fingerprint density at radius 1 is 1.53 bits per heavy atom. The molecule has 2 unspecified atom stereocenters. The number of benzene rings is 1. The van der Waals surface area contributed by atoms with Gasteiger partial charge in [0.2, 0.25) is 0 Å². The average Bonchev–Trinajstić information content (AvgIpc) is 2.83. The molecule has 0 aromatic heterocycles. The van der Waals surface area contributed by atoms with Gasteiger partial charge in [-0.2, -0.15) is 0 Å². The molecule has 1 aliphatic rings. The maximum atomic E-state index is 13.3. The highest BCUT2D eigenvalue weighted by Crippen LogP contribution is 2.44. The molecule has 1 aromatic carbocycles. The van der Waals surface area contributed by atoms with Gasteiger partial charge in [-0.15, -0.1) is 0 Å². The summed E-state index contributed by atoms with van der Waals surface area (Å²) in [5, 5.41) is 0.224. The molecule has 0 spiro atoms. The molecule has 0 radical (unpaired) electrons. The van der Waals surface area contributed by atoms with E-state index in [-0.39, 0.29) is 16.4 Å². The molecule has 1 aromatic rings. The van der Waals surface area contributed by atoms with Crippen LogP contribution in [0, 0.1) is 18.7 Å². The van der Waals surface area contributed by atoms with Crippen molar-refractivity contribution in [1.29, 1.82) is 0 Å². The molecule has 2 rings (SSSR count). The van der Waals surface area contributed by atoms with Crippen LogP contribution in [0.25, 0.3) is 0 Å². The fourth-order valence-corrected chi connectivity index (χ4v) is 2.71. The van der Waals surface area contributed by atoms with E-state index in [2.05, 4.69) is 6.92 Å². The largest absolute Gasteiger partial charge is 0.325 e. The predicted molar refractivity (Wildman–Crippen MR) is 69.8 cm³/mol. The van der Waals surface area contributed by atoms with Crippen LogP contribution in [0.3, 0.4) is 0 Å². The Morgan fingerprint density at radius 3 is 2.71 bits per heavy atom. The molecule has 0 aliphatic heterocycles. The molecule has 0 amide bonds. The zero-order valence-electron chi connectivity index (χ0n) is 10.4. The first kappa shape index (κ1) is 12.8. The van der Waals surface area contributed by atoms with E-state index in [4.69, 9.17) is 17.3 Å². The molecular weight excluding hydrogens is 237 g/mol. The Kier molecular flexibility index (Phi) is 3.46. The van der Waals surface area contributed by atoms with Crippen molar-refractivity contribution in [3.8, 4) is 0 Å². The number of halogens is 2. The summed E-state index contributed by atoms with van der Waals surface area (Å²) < 4.78 is 13.3. The van der Waals surface area contributed by atoms with Crippen LogP contribution in [-0.4, -0.2) is 5.54 Å². The standard InChI is InChI=1S/C14H19ClFN/c1-9-6-11(7-12(15)13(9)16)4-3-5-14(17)8-10(14)2/h6-7,10H,3-5,8,17H2,1-2H3. The van der Waals surface area contributed by atoms with Crippen molar-refractivity contribution in [3.63, 3.8) is 0 Å². The smallest absolute Gasteiger partial charge is 0.144 e. The minimum absolute atomic E-state index is 0.0683. The van der Waals surface area contributed by atoms with Gasteiger partial charge in [0, 0.05) is 5.54 Å². The van der Waals surface area contributed by atoms with Crippen molar-refractivity contribution in [2.45, 2.75) is 45.1 Å². The average molecular weight is 256 g/mol. The predicted octanol–water partition coefficient (Wildman–Crippen LogP) is 3.85. The summed E-state index contributed by atoms with van der Waals surface area (Å²) in [6, 6.07) is 3.60. The highest BCUT2D eigenvalue weighted by Gasteiger charge is 2.46. The fourth-order valence-electron chi connectivity index (χ4n) is 2.42. The van der Waals surface area contributed by atoms with Crippen LogP contribution in [0.2, 0.25) is 5.02 Å². The molecule has 0 saturated heterocycles. The number of hydrogen-bond donors (Lipinski definition) is 1. The number of rotatable bonds is 4. The molecule has 17 heavy (non-hydrogen) atoms. The van der Waals surface area contributed by atoms with Crippen LogP contribution >= 0.6 is 11.6 Å². The molecular formula is C14H19ClFN. The minimum atomic E-state index is -0.304. The molecule has 1 nitrogen and oxygen atoms in total. The molecule has 2 atom stereocenters. The van der Waals surface area contributed by atoms with Crippen molar-refractivity contribution in [2.24, 2.45) is 11.7 Å². The Balaban J connectivity index is 1.91. The quantitative estimate of drug-likeness (QED) is 0.869.